The molecule has 0 saturated carbocycles. The Morgan fingerprint density at radius 1 is 1.04 bits per heavy atom. The molecule has 1 aromatic heterocycles. The van der Waals surface area contributed by atoms with Crippen LogP contribution in [0, 0.1) is 5.82 Å². The van der Waals surface area contributed by atoms with Crippen LogP contribution in [0.1, 0.15) is 16.1 Å². The third-order valence-corrected chi connectivity index (χ3v) is 4.45. The van der Waals surface area contributed by atoms with Crippen LogP contribution in [0.5, 0.6) is 0 Å². The summed E-state index contributed by atoms with van der Waals surface area (Å²) in [6.45, 7) is -0.316. The fourth-order valence-electron chi connectivity index (χ4n) is 2.20. The van der Waals surface area contributed by atoms with E-state index in [1.807, 2.05) is 23.2 Å². The molecule has 0 bridgehead atoms. The van der Waals surface area contributed by atoms with Crippen LogP contribution in [0.4, 0.5) is 4.39 Å². The average molecular weight is 372 g/mol. The highest BCUT2D eigenvalue weighted by Crippen LogP contribution is 2.33. The van der Waals surface area contributed by atoms with E-state index >= 15 is 0 Å². The number of carbonyl (C=O) groups excluding carboxylic acids is 1. The molecule has 0 radical (unpaired) electrons. The number of ether oxygens (including phenoxy) is 1. The molecule has 2 aromatic carbocycles. The molecule has 0 unspecified atom stereocenters. The van der Waals surface area contributed by atoms with E-state index in [1.54, 1.807) is 12.1 Å². The number of nitrogens with one attached hydrogen (secondary N) is 2. The molecule has 0 aliphatic carbocycles. The lowest BCUT2D eigenvalue weighted by Gasteiger charge is -2.10. The van der Waals surface area contributed by atoms with Crippen LogP contribution in [0.2, 0.25) is 0 Å². The van der Waals surface area contributed by atoms with Gasteiger partial charge in [-0.2, -0.15) is 0 Å². The quantitative estimate of drug-likeness (QED) is 0.672. The molecule has 3 aromatic rings. The van der Waals surface area contributed by atoms with E-state index in [2.05, 4.69) is 4.98 Å². The minimum Gasteiger partial charge on any atom is -0.456 e. The lowest BCUT2D eigenvalue weighted by Crippen LogP contribution is -2.23. The Morgan fingerprint density at radius 3 is 2.54 bits per heavy atom. The van der Waals surface area contributed by atoms with E-state index in [0.29, 0.717) is 0 Å². The van der Waals surface area contributed by atoms with Crippen molar-refractivity contribution < 1.29 is 13.9 Å². The van der Waals surface area contributed by atoms with Gasteiger partial charge in [0, 0.05) is 11.0 Å². The molecular formula is C18H13FN2O4S. The Hall–Kier alpha value is -3.13. The Morgan fingerprint density at radius 2 is 1.81 bits per heavy atom. The van der Waals surface area contributed by atoms with E-state index in [4.69, 9.17) is 4.74 Å². The van der Waals surface area contributed by atoms with Crippen LogP contribution in [0.3, 0.4) is 0 Å². The Kier molecular flexibility index (Phi) is 5.33. The SMILES string of the molecule is O=C(OCc1cc(=O)[nH]c(=O)[nH]1)c1cccc(F)c1Sc1ccccc1. The number of aromatic nitrogens is 2. The number of rotatable bonds is 5. The molecule has 26 heavy (non-hydrogen) atoms. The van der Waals surface area contributed by atoms with Gasteiger partial charge in [0.25, 0.3) is 5.56 Å². The summed E-state index contributed by atoms with van der Waals surface area (Å²) in [7, 11) is 0. The number of benzene rings is 2. The Balaban J connectivity index is 1.82. The van der Waals surface area contributed by atoms with Crippen molar-refractivity contribution in [2.45, 2.75) is 16.4 Å². The van der Waals surface area contributed by atoms with Gasteiger partial charge in [0.05, 0.1) is 16.2 Å². The maximum atomic E-state index is 14.2. The minimum absolute atomic E-state index is 0.0611. The van der Waals surface area contributed by atoms with Crippen LogP contribution in [-0.2, 0) is 11.3 Å². The second-order valence-corrected chi connectivity index (χ2v) is 6.30. The van der Waals surface area contributed by atoms with Gasteiger partial charge in [-0.15, -0.1) is 0 Å². The molecule has 0 aliphatic heterocycles. The number of esters is 1. The van der Waals surface area contributed by atoms with Crippen LogP contribution in [0.15, 0.2) is 74.0 Å². The standard InChI is InChI=1S/C18H13FN2O4S/c19-14-8-4-7-13(16(14)26-12-5-2-1-3-6-12)17(23)25-10-11-9-15(22)21-18(24)20-11/h1-9H,10H2,(H2,20,21,22,24). The second-order valence-electron chi connectivity index (χ2n) is 5.22. The normalized spacial score (nSPS) is 10.5. The van der Waals surface area contributed by atoms with Gasteiger partial charge in [0.15, 0.2) is 0 Å². The van der Waals surface area contributed by atoms with E-state index < -0.39 is 23.0 Å². The molecule has 0 aliphatic rings. The highest BCUT2D eigenvalue weighted by Gasteiger charge is 2.18. The summed E-state index contributed by atoms with van der Waals surface area (Å²) in [5.41, 5.74) is -1.10. The summed E-state index contributed by atoms with van der Waals surface area (Å²) in [4.78, 5) is 40.1. The maximum absolute atomic E-state index is 14.2. The Bertz CT molecular complexity index is 1020. The van der Waals surface area contributed by atoms with Gasteiger partial charge in [-0.3, -0.25) is 9.78 Å². The first-order valence-corrected chi connectivity index (χ1v) is 8.35. The molecule has 0 saturated heterocycles. The number of halogens is 1. The topological polar surface area (TPSA) is 92.0 Å². The number of hydrogen-bond acceptors (Lipinski definition) is 5. The van der Waals surface area contributed by atoms with Crippen molar-refractivity contribution in [3.63, 3.8) is 0 Å². The van der Waals surface area contributed by atoms with Crippen molar-refractivity contribution in [1.82, 2.24) is 9.97 Å². The van der Waals surface area contributed by atoms with Gasteiger partial charge in [-0.1, -0.05) is 36.0 Å². The lowest BCUT2D eigenvalue weighted by molar-refractivity contribution is 0.0462. The van der Waals surface area contributed by atoms with E-state index in [9.17, 15) is 18.8 Å². The molecule has 1 heterocycles. The van der Waals surface area contributed by atoms with Crippen molar-refractivity contribution in [3.8, 4) is 0 Å². The zero-order chi connectivity index (χ0) is 18.5. The highest BCUT2D eigenvalue weighted by molar-refractivity contribution is 7.99. The summed E-state index contributed by atoms with van der Waals surface area (Å²) in [6.07, 6.45) is 0. The highest BCUT2D eigenvalue weighted by atomic mass is 32.2. The fourth-order valence-corrected chi connectivity index (χ4v) is 3.15. The first kappa shape index (κ1) is 17.7. The molecule has 8 heteroatoms. The molecule has 2 N–H and O–H groups in total. The van der Waals surface area contributed by atoms with Crippen LogP contribution in [0.25, 0.3) is 0 Å². The monoisotopic (exact) mass is 372 g/mol. The number of aromatic amines is 2. The maximum Gasteiger partial charge on any atom is 0.339 e. The van der Waals surface area contributed by atoms with Crippen molar-refractivity contribution in [1.29, 1.82) is 0 Å². The van der Waals surface area contributed by atoms with Gasteiger partial charge < -0.3 is 9.72 Å². The first-order chi connectivity index (χ1) is 12.5. The number of hydrogen-bond donors (Lipinski definition) is 2. The molecule has 0 atom stereocenters. The number of carbonyl (C=O) groups is 1. The van der Waals surface area contributed by atoms with Crippen LogP contribution in [-0.4, -0.2) is 15.9 Å². The molecule has 0 amide bonds. The van der Waals surface area contributed by atoms with Gasteiger partial charge >= 0.3 is 11.7 Å². The average Bonchev–Trinajstić information content (AvgIpc) is 2.61. The molecule has 3 rings (SSSR count). The predicted octanol–water partition coefficient (Wildman–Crippen LogP) is 2.71. The second kappa shape index (κ2) is 7.83. The fraction of sp³-hybridized carbons (Fsp3) is 0.0556. The molecule has 6 nitrogen and oxygen atoms in total. The third kappa shape index (κ3) is 4.28. The van der Waals surface area contributed by atoms with Crippen molar-refractivity contribution >= 4 is 17.7 Å². The largest absolute Gasteiger partial charge is 0.456 e. The molecule has 0 fully saturated rings. The summed E-state index contributed by atoms with van der Waals surface area (Å²) in [6, 6.07) is 14.3. The molecule has 0 spiro atoms. The lowest BCUT2D eigenvalue weighted by atomic mass is 10.2. The summed E-state index contributed by atoms with van der Waals surface area (Å²) < 4.78 is 19.4. The van der Waals surface area contributed by atoms with Gasteiger partial charge in [0.1, 0.15) is 12.4 Å². The van der Waals surface area contributed by atoms with Crippen molar-refractivity contribution in [2.75, 3.05) is 0 Å². The summed E-state index contributed by atoms with van der Waals surface area (Å²) in [5, 5.41) is 0. The van der Waals surface area contributed by atoms with E-state index in [1.165, 1.54) is 18.2 Å². The van der Waals surface area contributed by atoms with Gasteiger partial charge in [-0.05, 0) is 24.3 Å². The zero-order valence-corrected chi connectivity index (χ0v) is 14.1. The smallest absolute Gasteiger partial charge is 0.339 e. The Labute approximate surface area is 151 Å². The minimum atomic E-state index is -0.760. The van der Waals surface area contributed by atoms with Gasteiger partial charge in [-0.25, -0.2) is 14.0 Å². The number of H-pyrrole nitrogens is 2. The zero-order valence-electron chi connectivity index (χ0n) is 13.3. The van der Waals surface area contributed by atoms with Gasteiger partial charge in [0.2, 0.25) is 0 Å². The van der Waals surface area contributed by atoms with E-state index in [0.717, 1.165) is 22.7 Å². The van der Waals surface area contributed by atoms with E-state index in [-0.39, 0.29) is 22.8 Å². The first-order valence-electron chi connectivity index (χ1n) is 7.54. The van der Waals surface area contributed by atoms with Crippen molar-refractivity contribution in [3.05, 3.63) is 92.5 Å². The predicted molar refractivity (Wildman–Crippen MR) is 93.8 cm³/mol. The summed E-state index contributed by atoms with van der Waals surface area (Å²) >= 11 is 1.11. The van der Waals surface area contributed by atoms with Crippen molar-refractivity contribution in [2.24, 2.45) is 0 Å². The van der Waals surface area contributed by atoms with Crippen LogP contribution >= 0.6 is 11.8 Å². The summed E-state index contributed by atoms with van der Waals surface area (Å²) in [5.74, 6) is -1.30. The van der Waals surface area contributed by atoms with Crippen LogP contribution < -0.4 is 11.2 Å². The third-order valence-electron chi connectivity index (χ3n) is 3.32. The molecule has 132 valence electrons. The molecular weight excluding hydrogens is 359 g/mol.